The second-order valence-electron chi connectivity index (χ2n) is 5.00. The standard InChI is InChI=1S/C14H16F2O2/c15-12-5-4-11(8-13(12)16)10-3-1-2-9(6-10)7-14(17)18/h4-5,8-10H,1-3,6-7H2,(H,17,18)/t9-,10+/m1/s1. The van der Waals surface area contributed by atoms with Crippen molar-refractivity contribution in [2.75, 3.05) is 0 Å². The number of aliphatic carboxylic acids is 1. The van der Waals surface area contributed by atoms with Gasteiger partial charge in [-0.2, -0.15) is 0 Å². The Labute approximate surface area is 105 Å². The molecule has 1 aromatic carbocycles. The molecule has 1 saturated carbocycles. The molecule has 0 aromatic heterocycles. The number of benzene rings is 1. The number of carboxylic acid groups (broad SMARTS) is 1. The molecule has 0 radical (unpaired) electrons. The third kappa shape index (κ3) is 3.06. The van der Waals surface area contributed by atoms with Gasteiger partial charge in [0, 0.05) is 6.42 Å². The predicted molar refractivity (Wildman–Crippen MR) is 63.3 cm³/mol. The Balaban J connectivity index is 2.08. The molecule has 0 spiro atoms. The molecule has 1 aromatic rings. The zero-order chi connectivity index (χ0) is 13.1. The van der Waals surface area contributed by atoms with Crippen molar-refractivity contribution in [1.82, 2.24) is 0 Å². The quantitative estimate of drug-likeness (QED) is 0.892. The van der Waals surface area contributed by atoms with E-state index in [1.165, 1.54) is 6.07 Å². The van der Waals surface area contributed by atoms with Crippen LogP contribution in [0.5, 0.6) is 0 Å². The van der Waals surface area contributed by atoms with Crippen molar-refractivity contribution in [3.63, 3.8) is 0 Å². The minimum absolute atomic E-state index is 0.148. The van der Waals surface area contributed by atoms with Gasteiger partial charge in [0.15, 0.2) is 11.6 Å². The van der Waals surface area contributed by atoms with E-state index in [0.29, 0.717) is 0 Å². The van der Waals surface area contributed by atoms with E-state index in [1.54, 1.807) is 6.07 Å². The summed E-state index contributed by atoms with van der Waals surface area (Å²) in [6, 6.07) is 3.99. The van der Waals surface area contributed by atoms with Crippen LogP contribution in [0.3, 0.4) is 0 Å². The fourth-order valence-corrected chi connectivity index (χ4v) is 2.79. The summed E-state index contributed by atoms with van der Waals surface area (Å²) < 4.78 is 26.0. The fraction of sp³-hybridized carbons (Fsp3) is 0.500. The van der Waals surface area contributed by atoms with Gasteiger partial charge in [0.2, 0.25) is 0 Å². The smallest absolute Gasteiger partial charge is 0.303 e. The molecule has 0 amide bonds. The van der Waals surface area contributed by atoms with E-state index in [9.17, 15) is 13.6 Å². The number of hydrogen-bond donors (Lipinski definition) is 1. The molecule has 4 heteroatoms. The molecule has 1 aliphatic rings. The van der Waals surface area contributed by atoms with Crippen molar-refractivity contribution >= 4 is 5.97 Å². The summed E-state index contributed by atoms with van der Waals surface area (Å²) in [5.74, 6) is -2.15. The second-order valence-corrected chi connectivity index (χ2v) is 5.00. The van der Waals surface area contributed by atoms with E-state index in [2.05, 4.69) is 0 Å². The Kier molecular flexibility index (Phi) is 3.94. The molecule has 0 heterocycles. The molecular weight excluding hydrogens is 238 g/mol. The Bertz CT molecular complexity index is 445. The van der Waals surface area contributed by atoms with Crippen LogP contribution in [0, 0.1) is 17.6 Å². The maximum atomic E-state index is 13.2. The summed E-state index contributed by atoms with van der Waals surface area (Å²) in [7, 11) is 0. The number of carbonyl (C=O) groups is 1. The third-order valence-electron chi connectivity index (χ3n) is 3.66. The summed E-state index contributed by atoms with van der Waals surface area (Å²) in [6.45, 7) is 0. The van der Waals surface area contributed by atoms with Gasteiger partial charge in [0.1, 0.15) is 0 Å². The van der Waals surface area contributed by atoms with Crippen LogP contribution in [0.1, 0.15) is 43.6 Å². The molecule has 0 saturated heterocycles. The van der Waals surface area contributed by atoms with Gasteiger partial charge in [0.25, 0.3) is 0 Å². The maximum absolute atomic E-state index is 13.2. The molecule has 98 valence electrons. The molecule has 2 nitrogen and oxygen atoms in total. The average Bonchev–Trinajstić information content (AvgIpc) is 2.32. The first kappa shape index (κ1) is 13.0. The molecule has 0 bridgehead atoms. The lowest BCUT2D eigenvalue weighted by molar-refractivity contribution is -0.138. The molecule has 2 atom stereocenters. The first-order valence-electron chi connectivity index (χ1n) is 6.23. The lowest BCUT2D eigenvalue weighted by Gasteiger charge is -2.28. The topological polar surface area (TPSA) is 37.3 Å². The number of halogens is 2. The van der Waals surface area contributed by atoms with E-state index in [0.717, 1.165) is 37.3 Å². The average molecular weight is 254 g/mol. The molecule has 0 unspecified atom stereocenters. The number of hydrogen-bond acceptors (Lipinski definition) is 1. The van der Waals surface area contributed by atoms with E-state index >= 15 is 0 Å². The highest BCUT2D eigenvalue weighted by atomic mass is 19.2. The zero-order valence-electron chi connectivity index (χ0n) is 10.0. The largest absolute Gasteiger partial charge is 0.481 e. The van der Waals surface area contributed by atoms with E-state index < -0.39 is 17.6 Å². The van der Waals surface area contributed by atoms with Crippen LogP contribution in [0.25, 0.3) is 0 Å². The maximum Gasteiger partial charge on any atom is 0.303 e. The fourth-order valence-electron chi connectivity index (χ4n) is 2.79. The molecular formula is C14H16F2O2. The summed E-state index contributed by atoms with van der Waals surface area (Å²) in [6.07, 6.45) is 3.69. The van der Waals surface area contributed by atoms with Gasteiger partial charge >= 0.3 is 5.97 Å². The van der Waals surface area contributed by atoms with E-state index in [4.69, 9.17) is 5.11 Å². The van der Waals surface area contributed by atoms with E-state index in [1.807, 2.05) is 0 Å². The number of carboxylic acids is 1. The van der Waals surface area contributed by atoms with Gasteiger partial charge in [-0.1, -0.05) is 12.5 Å². The molecule has 1 aliphatic carbocycles. The predicted octanol–water partition coefficient (Wildman–Crippen LogP) is 3.71. The molecule has 1 fully saturated rings. The van der Waals surface area contributed by atoms with Gasteiger partial charge in [-0.25, -0.2) is 8.78 Å². The lowest BCUT2D eigenvalue weighted by atomic mass is 9.77. The van der Waals surface area contributed by atoms with Gasteiger partial charge in [0.05, 0.1) is 0 Å². The van der Waals surface area contributed by atoms with Crippen molar-refractivity contribution in [3.8, 4) is 0 Å². The Morgan fingerprint density at radius 1 is 1.28 bits per heavy atom. The first-order chi connectivity index (χ1) is 8.56. The van der Waals surface area contributed by atoms with Crippen molar-refractivity contribution in [2.24, 2.45) is 5.92 Å². The van der Waals surface area contributed by atoms with Crippen LogP contribution < -0.4 is 0 Å². The normalized spacial score (nSPS) is 23.9. The Morgan fingerprint density at radius 2 is 2.06 bits per heavy atom. The highest BCUT2D eigenvalue weighted by Crippen LogP contribution is 2.37. The molecule has 0 aliphatic heterocycles. The Morgan fingerprint density at radius 3 is 2.72 bits per heavy atom. The van der Waals surface area contributed by atoms with Crippen molar-refractivity contribution in [3.05, 3.63) is 35.4 Å². The van der Waals surface area contributed by atoms with Gasteiger partial charge in [-0.3, -0.25) is 4.79 Å². The van der Waals surface area contributed by atoms with Crippen LogP contribution in [0.4, 0.5) is 8.78 Å². The number of rotatable bonds is 3. The summed E-state index contributed by atoms with van der Waals surface area (Å²) >= 11 is 0. The highest BCUT2D eigenvalue weighted by Gasteiger charge is 2.25. The van der Waals surface area contributed by atoms with Crippen molar-refractivity contribution < 1.29 is 18.7 Å². The zero-order valence-corrected chi connectivity index (χ0v) is 10.0. The SMILES string of the molecule is O=C(O)C[C@@H]1CCC[C@H](c2ccc(F)c(F)c2)C1. The summed E-state index contributed by atoms with van der Waals surface area (Å²) in [4.78, 5) is 10.7. The second kappa shape index (κ2) is 5.46. The Hall–Kier alpha value is -1.45. The van der Waals surface area contributed by atoms with E-state index in [-0.39, 0.29) is 18.3 Å². The lowest BCUT2D eigenvalue weighted by Crippen LogP contribution is -2.17. The van der Waals surface area contributed by atoms with Crippen molar-refractivity contribution in [2.45, 2.75) is 38.0 Å². The first-order valence-corrected chi connectivity index (χ1v) is 6.23. The van der Waals surface area contributed by atoms with Crippen LogP contribution in [-0.2, 0) is 4.79 Å². The van der Waals surface area contributed by atoms with Crippen molar-refractivity contribution in [1.29, 1.82) is 0 Å². The van der Waals surface area contributed by atoms with Crippen LogP contribution in [0.2, 0.25) is 0 Å². The third-order valence-corrected chi connectivity index (χ3v) is 3.66. The minimum Gasteiger partial charge on any atom is -0.481 e. The summed E-state index contributed by atoms with van der Waals surface area (Å²) in [5, 5.41) is 8.79. The van der Waals surface area contributed by atoms with Crippen LogP contribution in [-0.4, -0.2) is 11.1 Å². The monoisotopic (exact) mass is 254 g/mol. The van der Waals surface area contributed by atoms with Crippen LogP contribution in [0.15, 0.2) is 18.2 Å². The molecule has 1 N–H and O–H groups in total. The van der Waals surface area contributed by atoms with Gasteiger partial charge < -0.3 is 5.11 Å². The molecule has 2 rings (SSSR count). The minimum atomic E-state index is -0.836. The van der Waals surface area contributed by atoms with Crippen LogP contribution >= 0.6 is 0 Å². The summed E-state index contributed by atoms with van der Waals surface area (Å²) in [5.41, 5.74) is 0.781. The van der Waals surface area contributed by atoms with Gasteiger partial charge in [-0.15, -0.1) is 0 Å². The molecule has 18 heavy (non-hydrogen) atoms. The highest BCUT2D eigenvalue weighted by molar-refractivity contribution is 5.67. The van der Waals surface area contributed by atoms with Gasteiger partial charge in [-0.05, 0) is 48.8 Å².